The van der Waals surface area contributed by atoms with Crippen molar-refractivity contribution in [2.45, 2.75) is 26.3 Å². The van der Waals surface area contributed by atoms with Crippen molar-refractivity contribution < 1.29 is 4.79 Å². The van der Waals surface area contributed by atoms with Crippen molar-refractivity contribution >= 4 is 37.6 Å². The number of rotatable bonds is 4. The van der Waals surface area contributed by atoms with E-state index in [2.05, 4.69) is 41.9 Å². The Kier molecular flexibility index (Phi) is 4.52. The van der Waals surface area contributed by atoms with Gasteiger partial charge in [0, 0.05) is 20.6 Å². The number of ketones is 1. The molecule has 6 heteroatoms. The third-order valence-corrected chi connectivity index (χ3v) is 3.56. The topological polar surface area (TPSA) is 47.8 Å². The molecule has 0 saturated carbocycles. The largest absolute Gasteiger partial charge is 0.294 e. The Labute approximate surface area is 128 Å². The van der Waals surface area contributed by atoms with Gasteiger partial charge in [-0.2, -0.15) is 5.10 Å². The van der Waals surface area contributed by atoms with E-state index >= 15 is 0 Å². The average Bonchev–Trinajstić information content (AvgIpc) is 2.75. The van der Waals surface area contributed by atoms with E-state index in [0.717, 1.165) is 8.95 Å². The Morgan fingerprint density at radius 2 is 1.89 bits per heavy atom. The molecule has 4 nitrogen and oxygen atoms in total. The molecule has 19 heavy (non-hydrogen) atoms. The Balaban J connectivity index is 2.23. The minimum absolute atomic E-state index is 0.0249. The Bertz CT molecular complexity index is 587. The summed E-state index contributed by atoms with van der Waals surface area (Å²) >= 11 is 6.76. The molecular weight excluding hydrogens is 374 g/mol. The monoisotopic (exact) mass is 385 g/mol. The minimum Gasteiger partial charge on any atom is -0.294 e. The quantitative estimate of drug-likeness (QED) is 0.750. The first-order chi connectivity index (χ1) is 8.97. The summed E-state index contributed by atoms with van der Waals surface area (Å²) in [6.45, 7) is 4.02. The molecule has 0 radical (unpaired) electrons. The summed E-state index contributed by atoms with van der Waals surface area (Å²) in [5.41, 5.74) is 0.652. The number of nitrogens with zero attached hydrogens (tertiary/aromatic N) is 3. The molecule has 0 aliphatic carbocycles. The number of hydrogen-bond acceptors (Lipinski definition) is 3. The first-order valence-electron chi connectivity index (χ1n) is 5.85. The Morgan fingerprint density at radius 3 is 2.47 bits per heavy atom. The van der Waals surface area contributed by atoms with Gasteiger partial charge >= 0.3 is 0 Å². The lowest BCUT2D eigenvalue weighted by Crippen LogP contribution is -2.13. The fourth-order valence-corrected chi connectivity index (χ4v) is 3.09. The summed E-state index contributed by atoms with van der Waals surface area (Å²) in [5.74, 6) is 0.716. The second-order valence-electron chi connectivity index (χ2n) is 4.47. The highest BCUT2D eigenvalue weighted by atomic mass is 79.9. The van der Waals surface area contributed by atoms with Crippen molar-refractivity contribution in [1.82, 2.24) is 14.8 Å². The van der Waals surface area contributed by atoms with Crippen molar-refractivity contribution in [2.24, 2.45) is 0 Å². The van der Waals surface area contributed by atoms with Crippen molar-refractivity contribution in [1.29, 1.82) is 0 Å². The lowest BCUT2D eigenvalue weighted by molar-refractivity contribution is 0.0989. The van der Waals surface area contributed by atoms with Crippen molar-refractivity contribution in [3.05, 3.63) is 44.9 Å². The molecule has 0 unspecified atom stereocenters. The van der Waals surface area contributed by atoms with E-state index in [1.165, 1.54) is 6.33 Å². The SMILES string of the molecule is CC(C)n1ncnc1CC(=O)c1cc(Br)cc(Br)c1. The minimum atomic E-state index is 0.0249. The molecule has 1 heterocycles. The molecule has 0 saturated heterocycles. The van der Waals surface area contributed by atoms with Gasteiger partial charge in [0.05, 0.1) is 6.42 Å². The highest BCUT2D eigenvalue weighted by molar-refractivity contribution is 9.11. The highest BCUT2D eigenvalue weighted by Crippen LogP contribution is 2.21. The van der Waals surface area contributed by atoms with Gasteiger partial charge in [0.2, 0.25) is 0 Å². The second-order valence-corrected chi connectivity index (χ2v) is 6.30. The lowest BCUT2D eigenvalue weighted by Gasteiger charge is -2.09. The van der Waals surface area contributed by atoms with E-state index in [1.54, 1.807) is 4.68 Å². The molecule has 0 amide bonds. The highest BCUT2D eigenvalue weighted by Gasteiger charge is 2.14. The van der Waals surface area contributed by atoms with Gasteiger partial charge in [-0.15, -0.1) is 0 Å². The van der Waals surface area contributed by atoms with E-state index in [9.17, 15) is 4.79 Å². The zero-order chi connectivity index (χ0) is 14.0. The lowest BCUT2D eigenvalue weighted by atomic mass is 10.1. The number of halogens is 2. The average molecular weight is 387 g/mol. The van der Waals surface area contributed by atoms with Gasteiger partial charge < -0.3 is 0 Å². The van der Waals surface area contributed by atoms with Crippen molar-refractivity contribution in [3.8, 4) is 0 Å². The molecule has 1 aromatic heterocycles. The molecule has 0 bridgehead atoms. The number of aromatic nitrogens is 3. The van der Waals surface area contributed by atoms with E-state index in [0.29, 0.717) is 11.4 Å². The third kappa shape index (κ3) is 3.51. The van der Waals surface area contributed by atoms with Gasteiger partial charge in [0.1, 0.15) is 12.2 Å². The summed E-state index contributed by atoms with van der Waals surface area (Å²) in [6, 6.07) is 5.71. The van der Waals surface area contributed by atoms with Gasteiger partial charge in [-0.05, 0) is 32.0 Å². The van der Waals surface area contributed by atoms with Crippen molar-refractivity contribution in [2.75, 3.05) is 0 Å². The summed E-state index contributed by atoms with van der Waals surface area (Å²) in [6.07, 6.45) is 1.74. The summed E-state index contributed by atoms with van der Waals surface area (Å²) in [4.78, 5) is 16.4. The molecular formula is C13H13Br2N3O. The van der Waals surface area contributed by atoms with Crippen LogP contribution in [0.3, 0.4) is 0 Å². The summed E-state index contributed by atoms with van der Waals surface area (Å²) < 4.78 is 3.51. The molecule has 0 aliphatic heterocycles. The number of hydrogen-bond donors (Lipinski definition) is 0. The fraction of sp³-hybridized carbons (Fsp3) is 0.308. The standard InChI is InChI=1S/C13H13Br2N3O/c1-8(2)18-13(16-7-17-18)6-12(19)9-3-10(14)5-11(15)4-9/h3-5,7-8H,6H2,1-2H3. The van der Waals surface area contributed by atoms with Crippen molar-refractivity contribution in [3.63, 3.8) is 0 Å². The molecule has 100 valence electrons. The van der Waals surface area contributed by atoms with E-state index < -0.39 is 0 Å². The molecule has 1 aromatic carbocycles. The predicted molar refractivity (Wildman–Crippen MR) is 80.3 cm³/mol. The van der Waals surface area contributed by atoms with Crippen LogP contribution in [0, 0.1) is 0 Å². The van der Waals surface area contributed by atoms with Crippen LogP contribution in [0.2, 0.25) is 0 Å². The first kappa shape index (κ1) is 14.4. The molecule has 0 fully saturated rings. The molecule has 2 rings (SSSR count). The van der Waals surface area contributed by atoms with Crippen LogP contribution in [0.1, 0.15) is 36.1 Å². The zero-order valence-electron chi connectivity index (χ0n) is 10.6. The molecule has 2 aromatic rings. The van der Waals surface area contributed by atoms with Gasteiger partial charge in [0.25, 0.3) is 0 Å². The number of carbonyl (C=O) groups excluding carboxylic acids is 1. The second kappa shape index (κ2) is 5.96. The van der Waals surface area contributed by atoms with Crippen LogP contribution in [0.25, 0.3) is 0 Å². The smallest absolute Gasteiger partial charge is 0.170 e. The maximum absolute atomic E-state index is 12.3. The molecule has 0 aliphatic rings. The van der Waals surface area contributed by atoms with Gasteiger partial charge in [-0.25, -0.2) is 9.67 Å². The van der Waals surface area contributed by atoms with Gasteiger partial charge in [-0.3, -0.25) is 4.79 Å². The predicted octanol–water partition coefficient (Wildman–Crippen LogP) is 3.81. The normalized spacial score (nSPS) is 11.0. The van der Waals surface area contributed by atoms with Gasteiger partial charge in [-0.1, -0.05) is 31.9 Å². The van der Waals surface area contributed by atoms with E-state index in [4.69, 9.17) is 0 Å². The van der Waals surface area contributed by atoms with E-state index in [1.807, 2.05) is 32.0 Å². The maximum Gasteiger partial charge on any atom is 0.170 e. The summed E-state index contributed by atoms with van der Waals surface area (Å²) in [7, 11) is 0. The Morgan fingerprint density at radius 1 is 1.26 bits per heavy atom. The van der Waals surface area contributed by atoms with E-state index in [-0.39, 0.29) is 18.2 Å². The van der Waals surface area contributed by atoms with Gasteiger partial charge in [0.15, 0.2) is 5.78 Å². The van der Waals surface area contributed by atoms with Crippen LogP contribution in [0.15, 0.2) is 33.5 Å². The zero-order valence-corrected chi connectivity index (χ0v) is 13.8. The van der Waals surface area contributed by atoms with Crippen LogP contribution in [0.4, 0.5) is 0 Å². The maximum atomic E-state index is 12.3. The number of carbonyl (C=O) groups is 1. The fourth-order valence-electron chi connectivity index (χ4n) is 1.79. The van der Waals surface area contributed by atoms with Crippen LogP contribution in [-0.2, 0) is 6.42 Å². The van der Waals surface area contributed by atoms with Crippen LogP contribution in [-0.4, -0.2) is 20.5 Å². The number of Topliss-reactive ketones (excluding diaryl/α,β-unsaturated/α-hetero) is 1. The molecule has 0 N–H and O–H groups in total. The molecule has 0 atom stereocenters. The Hall–Kier alpha value is -1.01. The number of benzene rings is 1. The first-order valence-corrected chi connectivity index (χ1v) is 7.43. The third-order valence-electron chi connectivity index (χ3n) is 2.64. The van der Waals surface area contributed by atoms with Crippen LogP contribution < -0.4 is 0 Å². The summed E-state index contributed by atoms with van der Waals surface area (Å²) in [5, 5.41) is 4.13. The van der Waals surface area contributed by atoms with Crippen LogP contribution >= 0.6 is 31.9 Å². The molecule has 0 spiro atoms. The van der Waals surface area contributed by atoms with Crippen LogP contribution in [0.5, 0.6) is 0 Å².